The average molecular weight is 631 g/mol. The van der Waals surface area contributed by atoms with E-state index < -0.39 is 0 Å². The van der Waals surface area contributed by atoms with E-state index >= 15 is 0 Å². The van der Waals surface area contributed by atoms with Crippen molar-refractivity contribution in [2.75, 3.05) is 0 Å². The minimum Gasteiger partial charge on any atom is -0.507 e. The normalized spacial score (nSPS) is 12.4. The molecule has 0 aromatic heterocycles. The molecule has 0 atom stereocenters. The Morgan fingerprint density at radius 3 is 1.23 bits per heavy atom. The number of phenolic OH excluding ortho intramolecular Hbond substituents is 2. The maximum absolute atomic E-state index is 11.4. The Hall–Kier alpha value is -5.48. The molecule has 0 saturated carbocycles. The van der Waals surface area contributed by atoms with Gasteiger partial charge in [0.1, 0.15) is 11.5 Å². The van der Waals surface area contributed by atoms with E-state index in [1.165, 1.54) is 0 Å². The van der Waals surface area contributed by atoms with E-state index in [4.69, 9.17) is 9.98 Å². The summed E-state index contributed by atoms with van der Waals surface area (Å²) in [6.45, 7) is 12.6. The molecule has 48 heavy (non-hydrogen) atoms. The standard InChI is InChI=1S/C44H42N2O2/c1-43(2,3)36-25-32(29-15-9-7-10-16-29)23-34(41(36)47)27-45-38-21-13-19-31-20-14-22-39(40(31)38)46-28-35-24-33(30-17-11-8-12-18-30)26-37(42(35)48)44(4,5)6/h7-28,47-48H,1-6H3. The fourth-order valence-electron chi connectivity index (χ4n) is 6.04. The molecule has 0 bridgehead atoms. The highest BCUT2D eigenvalue weighted by molar-refractivity contribution is 6.04. The molecule has 0 unspecified atom stereocenters. The first kappa shape index (κ1) is 32.5. The number of hydrogen-bond acceptors (Lipinski definition) is 4. The summed E-state index contributed by atoms with van der Waals surface area (Å²) in [5, 5.41) is 24.7. The van der Waals surface area contributed by atoms with Gasteiger partial charge in [-0.2, -0.15) is 0 Å². The van der Waals surface area contributed by atoms with Gasteiger partial charge in [0.25, 0.3) is 0 Å². The first-order valence-electron chi connectivity index (χ1n) is 16.4. The molecule has 0 aliphatic carbocycles. The second-order valence-corrected chi connectivity index (χ2v) is 14.3. The number of rotatable bonds is 6. The van der Waals surface area contributed by atoms with Gasteiger partial charge in [0.15, 0.2) is 0 Å². The summed E-state index contributed by atoms with van der Waals surface area (Å²) >= 11 is 0. The molecule has 0 heterocycles. The lowest BCUT2D eigenvalue weighted by Crippen LogP contribution is -2.12. The van der Waals surface area contributed by atoms with Crippen molar-refractivity contribution in [3.63, 3.8) is 0 Å². The maximum Gasteiger partial charge on any atom is 0.128 e. The van der Waals surface area contributed by atoms with Crippen molar-refractivity contribution in [3.8, 4) is 33.8 Å². The van der Waals surface area contributed by atoms with Crippen LogP contribution in [0.5, 0.6) is 11.5 Å². The van der Waals surface area contributed by atoms with Crippen molar-refractivity contribution >= 4 is 34.6 Å². The van der Waals surface area contributed by atoms with Gasteiger partial charge in [0.05, 0.1) is 11.4 Å². The van der Waals surface area contributed by atoms with Crippen molar-refractivity contribution in [2.45, 2.75) is 52.4 Å². The minimum atomic E-state index is -0.269. The molecule has 0 radical (unpaired) electrons. The minimum absolute atomic E-state index is 0.229. The van der Waals surface area contributed by atoms with Crippen LogP contribution in [0.2, 0.25) is 0 Å². The largest absolute Gasteiger partial charge is 0.507 e. The van der Waals surface area contributed by atoms with Gasteiger partial charge in [0, 0.05) is 40.1 Å². The van der Waals surface area contributed by atoms with Gasteiger partial charge in [-0.15, -0.1) is 0 Å². The molecule has 6 rings (SSSR count). The molecule has 2 N–H and O–H groups in total. The number of aliphatic imine (C=N–C) groups is 2. The van der Waals surface area contributed by atoms with Crippen molar-refractivity contribution in [2.24, 2.45) is 9.98 Å². The fourth-order valence-corrected chi connectivity index (χ4v) is 6.04. The Labute approximate surface area is 283 Å². The molecule has 6 aromatic carbocycles. The lowest BCUT2D eigenvalue weighted by molar-refractivity contribution is 0.445. The summed E-state index contributed by atoms with van der Waals surface area (Å²) in [5.74, 6) is 0.459. The number of hydrogen-bond donors (Lipinski definition) is 2. The third-order valence-corrected chi connectivity index (χ3v) is 8.66. The highest BCUT2D eigenvalue weighted by atomic mass is 16.3. The Balaban J connectivity index is 1.45. The summed E-state index contributed by atoms with van der Waals surface area (Å²) in [4.78, 5) is 9.90. The van der Waals surface area contributed by atoms with E-state index in [2.05, 4.69) is 77.9 Å². The molecular formula is C44H42N2O2. The van der Waals surface area contributed by atoms with Gasteiger partial charge in [0.2, 0.25) is 0 Å². The number of fused-ring (bicyclic) bond motifs is 1. The summed E-state index contributed by atoms with van der Waals surface area (Å²) in [6, 6.07) is 40.5. The Morgan fingerprint density at radius 1 is 0.458 bits per heavy atom. The Bertz CT molecular complexity index is 2000. The van der Waals surface area contributed by atoms with Crippen LogP contribution in [-0.2, 0) is 10.8 Å². The summed E-state index contributed by atoms with van der Waals surface area (Å²) < 4.78 is 0. The highest BCUT2D eigenvalue weighted by Crippen LogP contribution is 2.40. The van der Waals surface area contributed by atoms with E-state index in [1.807, 2.05) is 84.9 Å². The van der Waals surface area contributed by atoms with Crippen LogP contribution in [-0.4, -0.2) is 22.6 Å². The van der Waals surface area contributed by atoms with E-state index in [1.54, 1.807) is 12.4 Å². The van der Waals surface area contributed by atoms with Crippen molar-refractivity contribution < 1.29 is 10.2 Å². The van der Waals surface area contributed by atoms with Gasteiger partial charge in [-0.05, 0) is 74.9 Å². The Kier molecular flexibility index (Phi) is 8.77. The van der Waals surface area contributed by atoms with Gasteiger partial charge >= 0.3 is 0 Å². The summed E-state index contributed by atoms with van der Waals surface area (Å²) in [6.07, 6.45) is 3.49. The Morgan fingerprint density at radius 2 is 0.854 bits per heavy atom. The molecule has 6 aromatic rings. The molecule has 0 saturated heterocycles. The van der Waals surface area contributed by atoms with Crippen molar-refractivity contribution in [1.29, 1.82) is 0 Å². The average Bonchev–Trinajstić information content (AvgIpc) is 3.07. The number of benzene rings is 6. The van der Waals surface area contributed by atoms with Gasteiger partial charge in [-0.3, -0.25) is 9.98 Å². The SMILES string of the molecule is CC(C)(C)c1cc(-c2ccccc2)cc(C=Nc2cccc3cccc(N=Cc4cc(-c5ccccc5)cc(C(C)(C)C)c4O)c23)c1O. The lowest BCUT2D eigenvalue weighted by Gasteiger charge is -2.23. The van der Waals surface area contributed by atoms with E-state index in [-0.39, 0.29) is 22.3 Å². The molecule has 0 aliphatic rings. The molecule has 4 nitrogen and oxygen atoms in total. The van der Waals surface area contributed by atoms with Gasteiger partial charge < -0.3 is 10.2 Å². The monoisotopic (exact) mass is 630 g/mol. The molecule has 0 fully saturated rings. The summed E-state index contributed by atoms with van der Waals surface area (Å²) in [5.41, 5.74) is 8.16. The second kappa shape index (κ2) is 13.0. The van der Waals surface area contributed by atoms with E-state index in [0.29, 0.717) is 11.1 Å². The molecule has 0 aliphatic heterocycles. The number of aromatic hydroxyl groups is 2. The van der Waals surface area contributed by atoms with Crippen molar-refractivity contribution in [3.05, 3.63) is 144 Å². The maximum atomic E-state index is 11.4. The van der Waals surface area contributed by atoms with Crippen LogP contribution in [0.25, 0.3) is 33.0 Å². The molecule has 0 amide bonds. The first-order valence-corrected chi connectivity index (χ1v) is 16.4. The topological polar surface area (TPSA) is 65.2 Å². The first-order chi connectivity index (χ1) is 22.9. The highest BCUT2D eigenvalue weighted by Gasteiger charge is 2.23. The van der Waals surface area contributed by atoms with Crippen molar-refractivity contribution in [1.82, 2.24) is 0 Å². The smallest absolute Gasteiger partial charge is 0.128 e. The van der Waals surface area contributed by atoms with Crippen LogP contribution in [0.4, 0.5) is 11.4 Å². The zero-order chi connectivity index (χ0) is 34.1. The molecule has 0 spiro atoms. The molecule has 240 valence electrons. The zero-order valence-electron chi connectivity index (χ0n) is 28.5. The van der Waals surface area contributed by atoms with Crippen LogP contribution in [0, 0.1) is 0 Å². The van der Waals surface area contributed by atoms with Gasteiger partial charge in [-0.25, -0.2) is 0 Å². The van der Waals surface area contributed by atoms with Crippen LogP contribution >= 0.6 is 0 Å². The summed E-state index contributed by atoms with van der Waals surface area (Å²) in [7, 11) is 0. The lowest BCUT2D eigenvalue weighted by atomic mass is 9.83. The van der Waals surface area contributed by atoms with Crippen LogP contribution < -0.4 is 0 Å². The van der Waals surface area contributed by atoms with Crippen LogP contribution in [0.1, 0.15) is 63.8 Å². The van der Waals surface area contributed by atoms with E-state index in [0.717, 1.165) is 55.5 Å². The third-order valence-electron chi connectivity index (χ3n) is 8.66. The number of phenols is 2. The molecule has 4 heteroatoms. The zero-order valence-corrected chi connectivity index (χ0v) is 28.5. The quantitative estimate of drug-likeness (QED) is 0.180. The predicted octanol–water partition coefficient (Wildman–Crippen LogP) is 11.7. The van der Waals surface area contributed by atoms with Crippen LogP contribution in [0.3, 0.4) is 0 Å². The molecular weight excluding hydrogens is 588 g/mol. The number of nitrogens with zero attached hydrogens (tertiary/aromatic N) is 2. The van der Waals surface area contributed by atoms with E-state index in [9.17, 15) is 10.2 Å². The van der Waals surface area contributed by atoms with Crippen LogP contribution in [0.15, 0.2) is 131 Å². The third kappa shape index (κ3) is 6.79. The predicted molar refractivity (Wildman–Crippen MR) is 203 cm³/mol. The van der Waals surface area contributed by atoms with Gasteiger partial charge in [-0.1, -0.05) is 126 Å². The second-order valence-electron chi connectivity index (χ2n) is 14.3. The fraction of sp³-hybridized carbons (Fsp3) is 0.182.